The lowest BCUT2D eigenvalue weighted by Gasteiger charge is -2.20. The van der Waals surface area contributed by atoms with E-state index in [1.165, 1.54) is 0 Å². The summed E-state index contributed by atoms with van der Waals surface area (Å²) in [6, 6.07) is 10.1. The van der Waals surface area contributed by atoms with Crippen LogP contribution in [0, 0.1) is 0 Å². The van der Waals surface area contributed by atoms with Gasteiger partial charge in [-0.15, -0.1) is 0 Å². The van der Waals surface area contributed by atoms with Gasteiger partial charge < -0.3 is 9.64 Å². The van der Waals surface area contributed by atoms with Crippen molar-refractivity contribution in [2.24, 2.45) is 0 Å². The van der Waals surface area contributed by atoms with Gasteiger partial charge in [-0.25, -0.2) is 0 Å². The number of benzene rings is 1. The first kappa shape index (κ1) is 12.2. The van der Waals surface area contributed by atoms with Gasteiger partial charge in [-0.05, 0) is 18.1 Å². The molecule has 2 aliphatic heterocycles. The first-order valence-electron chi connectivity index (χ1n) is 6.49. The van der Waals surface area contributed by atoms with Gasteiger partial charge in [0.1, 0.15) is 5.60 Å². The normalized spacial score (nSPS) is 28.3. The van der Waals surface area contributed by atoms with Crippen LogP contribution >= 0.6 is 0 Å². The molecule has 2 heterocycles. The Morgan fingerprint density at radius 1 is 1.42 bits per heavy atom. The van der Waals surface area contributed by atoms with Crippen molar-refractivity contribution in [1.29, 1.82) is 0 Å². The largest absolute Gasteiger partial charge is 0.363 e. The van der Waals surface area contributed by atoms with Gasteiger partial charge in [-0.1, -0.05) is 43.0 Å². The first-order chi connectivity index (χ1) is 9.16. The Kier molecular flexibility index (Phi) is 2.79. The van der Waals surface area contributed by atoms with E-state index in [0.29, 0.717) is 19.7 Å². The molecule has 3 nitrogen and oxygen atoms in total. The van der Waals surface area contributed by atoms with E-state index >= 15 is 0 Å². The zero-order chi connectivity index (χ0) is 13.5. The maximum Gasteiger partial charge on any atom is 0.254 e. The summed E-state index contributed by atoms with van der Waals surface area (Å²) in [5, 5.41) is 0. The number of hydrogen-bond donors (Lipinski definition) is 0. The van der Waals surface area contributed by atoms with Gasteiger partial charge in [-0.3, -0.25) is 4.79 Å². The molecule has 0 spiro atoms. The highest BCUT2D eigenvalue weighted by atomic mass is 16.6. The van der Waals surface area contributed by atoms with Crippen LogP contribution in [0.4, 0.5) is 0 Å². The standard InChI is InChI=1S/C16H17NO2/c1-3-14-12(2)9-17(15(14)18)10-16(11-19-16)13-7-5-4-6-8-13/h3-8H,2,9-11H2,1H3/b14-3-. The van der Waals surface area contributed by atoms with Crippen molar-refractivity contribution in [1.82, 2.24) is 4.90 Å². The van der Waals surface area contributed by atoms with E-state index in [4.69, 9.17) is 4.74 Å². The van der Waals surface area contributed by atoms with Crippen LogP contribution in [0.2, 0.25) is 0 Å². The number of amides is 1. The summed E-state index contributed by atoms with van der Waals surface area (Å²) in [6.07, 6.45) is 1.84. The Morgan fingerprint density at radius 3 is 2.63 bits per heavy atom. The van der Waals surface area contributed by atoms with Crippen molar-refractivity contribution in [2.45, 2.75) is 12.5 Å². The van der Waals surface area contributed by atoms with Crippen molar-refractivity contribution >= 4 is 5.91 Å². The van der Waals surface area contributed by atoms with Crippen molar-refractivity contribution in [3.63, 3.8) is 0 Å². The topological polar surface area (TPSA) is 32.8 Å². The van der Waals surface area contributed by atoms with Gasteiger partial charge in [0.25, 0.3) is 5.91 Å². The molecule has 0 bridgehead atoms. The fourth-order valence-corrected chi connectivity index (χ4v) is 2.65. The molecule has 0 aromatic heterocycles. The Balaban J connectivity index is 1.80. The predicted molar refractivity (Wildman–Crippen MR) is 73.5 cm³/mol. The van der Waals surface area contributed by atoms with Gasteiger partial charge in [0.15, 0.2) is 0 Å². The minimum absolute atomic E-state index is 0.0679. The Bertz CT molecular complexity index is 555. The molecule has 1 amide bonds. The van der Waals surface area contributed by atoms with E-state index in [9.17, 15) is 4.79 Å². The maximum atomic E-state index is 12.2. The number of carbonyl (C=O) groups is 1. The molecule has 98 valence electrons. The van der Waals surface area contributed by atoms with Gasteiger partial charge in [0, 0.05) is 12.1 Å². The van der Waals surface area contributed by atoms with Crippen LogP contribution in [0.25, 0.3) is 0 Å². The van der Waals surface area contributed by atoms with E-state index in [-0.39, 0.29) is 11.5 Å². The quantitative estimate of drug-likeness (QED) is 0.613. The molecule has 0 radical (unpaired) electrons. The van der Waals surface area contributed by atoms with E-state index < -0.39 is 0 Å². The van der Waals surface area contributed by atoms with Crippen LogP contribution in [0.5, 0.6) is 0 Å². The molecule has 3 rings (SSSR count). The summed E-state index contributed by atoms with van der Waals surface area (Å²) in [5.41, 5.74) is 2.47. The van der Waals surface area contributed by atoms with Crippen molar-refractivity contribution < 1.29 is 9.53 Å². The third-order valence-electron chi connectivity index (χ3n) is 3.81. The number of nitrogens with zero attached hydrogens (tertiary/aromatic N) is 1. The van der Waals surface area contributed by atoms with Crippen LogP contribution in [0.15, 0.2) is 54.1 Å². The molecule has 2 aliphatic rings. The smallest absolute Gasteiger partial charge is 0.254 e. The average Bonchev–Trinajstić information content (AvgIpc) is 3.15. The average molecular weight is 255 g/mol. The fourth-order valence-electron chi connectivity index (χ4n) is 2.65. The lowest BCUT2D eigenvalue weighted by molar-refractivity contribution is -0.125. The number of carbonyl (C=O) groups excluding carboxylic acids is 1. The van der Waals surface area contributed by atoms with Crippen LogP contribution < -0.4 is 0 Å². The Morgan fingerprint density at radius 2 is 2.11 bits per heavy atom. The minimum Gasteiger partial charge on any atom is -0.363 e. The van der Waals surface area contributed by atoms with E-state index in [1.807, 2.05) is 36.1 Å². The monoisotopic (exact) mass is 255 g/mol. The summed E-state index contributed by atoms with van der Waals surface area (Å²) in [5.74, 6) is 0.0679. The first-order valence-corrected chi connectivity index (χ1v) is 6.49. The SMILES string of the molecule is C=C1CN(CC2(c3ccccc3)CO2)C(=O)/C1=C\C. The molecule has 1 unspecified atom stereocenters. The molecule has 19 heavy (non-hydrogen) atoms. The number of allylic oxidation sites excluding steroid dienone is 1. The van der Waals surface area contributed by atoms with Crippen LogP contribution in [-0.2, 0) is 15.1 Å². The summed E-state index contributed by atoms with van der Waals surface area (Å²) in [7, 11) is 0. The van der Waals surface area contributed by atoms with Crippen LogP contribution in [-0.4, -0.2) is 30.5 Å². The molecule has 2 saturated heterocycles. The third kappa shape index (κ3) is 2.00. The summed E-state index contributed by atoms with van der Waals surface area (Å²) < 4.78 is 5.65. The lowest BCUT2D eigenvalue weighted by atomic mass is 9.99. The number of rotatable bonds is 3. The van der Waals surface area contributed by atoms with E-state index in [0.717, 1.165) is 16.7 Å². The van der Waals surface area contributed by atoms with Crippen molar-refractivity contribution in [3.05, 3.63) is 59.7 Å². The molecule has 0 saturated carbocycles. The second kappa shape index (κ2) is 4.35. The molecular formula is C16H17NO2. The molecule has 1 aromatic carbocycles. The van der Waals surface area contributed by atoms with Crippen molar-refractivity contribution in [3.8, 4) is 0 Å². The predicted octanol–water partition coefficient (Wildman–Crippen LogP) is 2.26. The van der Waals surface area contributed by atoms with Gasteiger partial charge >= 0.3 is 0 Å². The van der Waals surface area contributed by atoms with Crippen LogP contribution in [0.1, 0.15) is 12.5 Å². The second-order valence-electron chi connectivity index (χ2n) is 5.12. The molecule has 1 atom stereocenters. The van der Waals surface area contributed by atoms with Gasteiger partial charge in [0.2, 0.25) is 0 Å². The number of ether oxygens (including phenoxy) is 1. The second-order valence-corrected chi connectivity index (χ2v) is 5.12. The van der Waals surface area contributed by atoms with E-state index in [1.54, 1.807) is 0 Å². The highest BCUT2D eigenvalue weighted by Crippen LogP contribution is 2.40. The molecule has 0 N–H and O–H groups in total. The third-order valence-corrected chi connectivity index (χ3v) is 3.81. The lowest BCUT2D eigenvalue weighted by Crippen LogP contribution is -2.34. The molecular weight excluding hydrogens is 238 g/mol. The number of hydrogen-bond acceptors (Lipinski definition) is 2. The summed E-state index contributed by atoms with van der Waals surface area (Å²) >= 11 is 0. The highest BCUT2D eigenvalue weighted by Gasteiger charge is 2.49. The molecule has 1 aromatic rings. The van der Waals surface area contributed by atoms with Gasteiger partial charge in [0.05, 0.1) is 13.2 Å². The zero-order valence-corrected chi connectivity index (χ0v) is 11.1. The summed E-state index contributed by atoms with van der Waals surface area (Å²) in [6.45, 7) is 7.73. The molecule has 2 fully saturated rings. The zero-order valence-electron chi connectivity index (χ0n) is 11.1. The van der Waals surface area contributed by atoms with Gasteiger partial charge in [-0.2, -0.15) is 0 Å². The minimum atomic E-state index is -0.305. The fraction of sp³-hybridized carbons (Fsp3) is 0.312. The number of likely N-dealkylation sites (tertiary alicyclic amines) is 1. The maximum absolute atomic E-state index is 12.2. The molecule has 0 aliphatic carbocycles. The molecule has 3 heteroatoms. The Labute approximate surface area is 113 Å². The summed E-state index contributed by atoms with van der Waals surface area (Å²) in [4.78, 5) is 14.1. The number of epoxide rings is 1. The van der Waals surface area contributed by atoms with Crippen molar-refractivity contribution in [2.75, 3.05) is 19.7 Å². The van der Waals surface area contributed by atoms with Crippen LogP contribution in [0.3, 0.4) is 0 Å². The Hall–Kier alpha value is -1.87. The van der Waals surface area contributed by atoms with E-state index in [2.05, 4.69) is 18.7 Å². The highest BCUT2D eigenvalue weighted by molar-refractivity contribution is 6.01.